The lowest BCUT2D eigenvalue weighted by Gasteiger charge is -2.33. The Labute approximate surface area is 125 Å². The van der Waals surface area contributed by atoms with Crippen LogP contribution in [0.3, 0.4) is 0 Å². The highest BCUT2D eigenvalue weighted by molar-refractivity contribution is 4.85. The van der Waals surface area contributed by atoms with E-state index < -0.39 is 0 Å². The molecule has 0 radical (unpaired) electrons. The number of aliphatic hydroxyl groups excluding tert-OH is 1. The van der Waals surface area contributed by atoms with Crippen LogP contribution in [0.5, 0.6) is 0 Å². The second-order valence-electron chi connectivity index (χ2n) is 6.11. The molecule has 0 saturated heterocycles. The lowest BCUT2D eigenvalue weighted by Crippen LogP contribution is -2.48. The second-order valence-corrected chi connectivity index (χ2v) is 6.11. The van der Waals surface area contributed by atoms with Crippen LogP contribution in [0.15, 0.2) is 0 Å². The van der Waals surface area contributed by atoms with Crippen LogP contribution in [-0.4, -0.2) is 62.0 Å². The van der Waals surface area contributed by atoms with Gasteiger partial charge in [0.25, 0.3) is 0 Å². The molecule has 0 amide bonds. The molecule has 0 aromatic carbocycles. The van der Waals surface area contributed by atoms with E-state index in [9.17, 15) is 5.11 Å². The zero-order valence-electron chi connectivity index (χ0n) is 14.2. The minimum Gasteiger partial charge on any atom is -0.394 e. The van der Waals surface area contributed by atoms with Gasteiger partial charge in [-0.1, -0.05) is 27.7 Å². The van der Waals surface area contributed by atoms with Crippen molar-refractivity contribution in [3.63, 3.8) is 0 Å². The zero-order chi connectivity index (χ0) is 15.4. The third-order valence-electron chi connectivity index (χ3n) is 3.90. The largest absolute Gasteiger partial charge is 0.394 e. The molecule has 0 heterocycles. The summed E-state index contributed by atoms with van der Waals surface area (Å²) in [6.45, 7) is 13.9. The summed E-state index contributed by atoms with van der Waals surface area (Å²) >= 11 is 0. The molecule has 20 heavy (non-hydrogen) atoms. The number of nitrogens with one attached hydrogen (secondary N) is 1. The molecule has 0 aliphatic rings. The van der Waals surface area contributed by atoms with Crippen molar-refractivity contribution < 1.29 is 9.84 Å². The summed E-state index contributed by atoms with van der Waals surface area (Å²) in [5.74, 6) is 0.675. The topological polar surface area (TPSA) is 44.7 Å². The normalized spacial score (nSPS) is 15.0. The quantitative estimate of drug-likeness (QED) is 0.545. The van der Waals surface area contributed by atoms with Crippen LogP contribution in [0.2, 0.25) is 0 Å². The van der Waals surface area contributed by atoms with Crippen molar-refractivity contribution in [2.75, 3.05) is 46.5 Å². The van der Waals surface area contributed by atoms with Gasteiger partial charge in [-0.05, 0) is 38.3 Å². The highest BCUT2D eigenvalue weighted by atomic mass is 16.5. The predicted octanol–water partition coefficient (Wildman–Crippen LogP) is 2.12. The third kappa shape index (κ3) is 8.20. The van der Waals surface area contributed by atoms with E-state index in [4.69, 9.17) is 4.74 Å². The van der Waals surface area contributed by atoms with Crippen molar-refractivity contribution in [1.29, 1.82) is 0 Å². The van der Waals surface area contributed by atoms with Crippen LogP contribution in [-0.2, 0) is 4.74 Å². The van der Waals surface area contributed by atoms with Crippen LogP contribution < -0.4 is 5.32 Å². The van der Waals surface area contributed by atoms with E-state index in [-0.39, 0.29) is 12.1 Å². The van der Waals surface area contributed by atoms with Gasteiger partial charge in [0.05, 0.1) is 13.2 Å². The monoisotopic (exact) mass is 288 g/mol. The average Bonchev–Trinajstić information content (AvgIpc) is 2.43. The molecule has 0 bridgehead atoms. The lowest BCUT2D eigenvalue weighted by atomic mass is 9.91. The molecule has 0 fully saturated rings. The summed E-state index contributed by atoms with van der Waals surface area (Å²) in [4.78, 5) is 2.47. The second kappa shape index (κ2) is 11.5. The number of aliphatic hydroxyl groups is 1. The maximum atomic E-state index is 9.66. The van der Waals surface area contributed by atoms with E-state index in [0.29, 0.717) is 5.92 Å². The van der Waals surface area contributed by atoms with Gasteiger partial charge < -0.3 is 20.1 Å². The Morgan fingerprint density at radius 3 is 2.40 bits per heavy atom. The fourth-order valence-corrected chi connectivity index (χ4v) is 2.68. The zero-order valence-corrected chi connectivity index (χ0v) is 14.2. The number of nitrogens with zero attached hydrogens (tertiary/aromatic N) is 1. The molecule has 0 aromatic rings. The smallest absolute Gasteiger partial charge is 0.0613 e. The first-order chi connectivity index (χ1) is 9.53. The molecule has 4 nitrogen and oxygen atoms in total. The number of hydrogen-bond acceptors (Lipinski definition) is 4. The summed E-state index contributed by atoms with van der Waals surface area (Å²) in [6.07, 6.45) is 3.10. The minimum atomic E-state index is -0.0977. The Balaban J connectivity index is 4.23. The van der Waals surface area contributed by atoms with Gasteiger partial charge in [-0.2, -0.15) is 0 Å². The van der Waals surface area contributed by atoms with E-state index in [1.54, 1.807) is 7.11 Å². The van der Waals surface area contributed by atoms with Gasteiger partial charge in [-0.15, -0.1) is 0 Å². The molecule has 122 valence electrons. The van der Waals surface area contributed by atoms with Gasteiger partial charge in [0, 0.05) is 25.7 Å². The molecular weight excluding hydrogens is 252 g/mol. The van der Waals surface area contributed by atoms with Crippen LogP contribution in [0.25, 0.3) is 0 Å². The molecule has 0 spiro atoms. The molecule has 1 unspecified atom stereocenters. The van der Waals surface area contributed by atoms with Crippen molar-refractivity contribution in [2.45, 2.75) is 52.5 Å². The van der Waals surface area contributed by atoms with Crippen LogP contribution in [0.1, 0.15) is 47.0 Å². The van der Waals surface area contributed by atoms with Crippen molar-refractivity contribution in [2.24, 2.45) is 5.92 Å². The fraction of sp³-hybridized carbons (Fsp3) is 1.00. The van der Waals surface area contributed by atoms with E-state index in [0.717, 1.165) is 52.0 Å². The fourth-order valence-electron chi connectivity index (χ4n) is 2.68. The number of ether oxygens (including phenoxy) is 1. The first-order valence-corrected chi connectivity index (χ1v) is 8.10. The Bertz CT molecular complexity index is 219. The highest BCUT2D eigenvalue weighted by Crippen LogP contribution is 2.17. The van der Waals surface area contributed by atoms with Crippen LogP contribution in [0, 0.1) is 5.92 Å². The maximum absolute atomic E-state index is 9.66. The first kappa shape index (κ1) is 19.8. The average molecular weight is 288 g/mol. The summed E-state index contributed by atoms with van der Waals surface area (Å²) < 4.78 is 5.19. The van der Waals surface area contributed by atoms with Crippen molar-refractivity contribution >= 4 is 0 Å². The van der Waals surface area contributed by atoms with E-state index in [1.807, 2.05) is 0 Å². The van der Waals surface area contributed by atoms with Crippen molar-refractivity contribution in [1.82, 2.24) is 10.2 Å². The van der Waals surface area contributed by atoms with Gasteiger partial charge in [0.1, 0.15) is 0 Å². The van der Waals surface area contributed by atoms with Gasteiger partial charge in [-0.25, -0.2) is 0 Å². The minimum absolute atomic E-state index is 0.0977. The molecule has 0 aliphatic carbocycles. The van der Waals surface area contributed by atoms with Gasteiger partial charge in [-0.3, -0.25) is 0 Å². The number of hydrogen-bond donors (Lipinski definition) is 2. The standard InChI is InChI=1S/C16H36N2O2/c1-6-16(14-19,17-7-2)9-8-10-18(11-12-20-5)13-15(3)4/h15,17,19H,6-14H2,1-5H3. The van der Waals surface area contributed by atoms with Crippen molar-refractivity contribution in [3.05, 3.63) is 0 Å². The molecule has 1 atom stereocenters. The maximum Gasteiger partial charge on any atom is 0.0613 e. The van der Waals surface area contributed by atoms with Gasteiger partial charge in [0.2, 0.25) is 0 Å². The van der Waals surface area contributed by atoms with Gasteiger partial charge >= 0.3 is 0 Å². The Morgan fingerprint density at radius 2 is 1.95 bits per heavy atom. The molecule has 0 saturated carbocycles. The summed E-state index contributed by atoms with van der Waals surface area (Å²) in [5.41, 5.74) is -0.0977. The number of likely N-dealkylation sites (N-methyl/N-ethyl adjacent to an activating group) is 1. The molecule has 0 rings (SSSR count). The van der Waals surface area contributed by atoms with Crippen LogP contribution in [0.4, 0.5) is 0 Å². The SMILES string of the molecule is CCNC(CC)(CO)CCCN(CCOC)CC(C)C. The summed E-state index contributed by atoms with van der Waals surface area (Å²) in [5, 5.41) is 13.1. The van der Waals surface area contributed by atoms with E-state index in [2.05, 4.69) is 37.9 Å². The Morgan fingerprint density at radius 1 is 1.25 bits per heavy atom. The molecule has 0 aromatic heterocycles. The molecule has 2 N–H and O–H groups in total. The predicted molar refractivity (Wildman–Crippen MR) is 86.2 cm³/mol. The number of methoxy groups -OCH3 is 1. The van der Waals surface area contributed by atoms with E-state index >= 15 is 0 Å². The lowest BCUT2D eigenvalue weighted by molar-refractivity contribution is 0.122. The highest BCUT2D eigenvalue weighted by Gasteiger charge is 2.25. The van der Waals surface area contributed by atoms with Crippen LogP contribution >= 0.6 is 0 Å². The molecular formula is C16H36N2O2. The first-order valence-electron chi connectivity index (χ1n) is 8.10. The third-order valence-corrected chi connectivity index (χ3v) is 3.90. The molecule has 0 aliphatic heterocycles. The Kier molecular flexibility index (Phi) is 11.4. The van der Waals surface area contributed by atoms with E-state index in [1.165, 1.54) is 0 Å². The van der Waals surface area contributed by atoms with Gasteiger partial charge in [0.15, 0.2) is 0 Å². The number of rotatable bonds is 13. The van der Waals surface area contributed by atoms with Crippen molar-refractivity contribution in [3.8, 4) is 0 Å². The Hall–Kier alpha value is -0.160. The summed E-state index contributed by atoms with van der Waals surface area (Å²) in [6, 6.07) is 0. The molecule has 4 heteroatoms. The summed E-state index contributed by atoms with van der Waals surface area (Å²) in [7, 11) is 1.76.